The fourth-order valence-electron chi connectivity index (χ4n) is 2.12. The molecule has 1 saturated carbocycles. The summed E-state index contributed by atoms with van der Waals surface area (Å²) in [5, 5.41) is 3.10. The van der Waals surface area contributed by atoms with Gasteiger partial charge in [0.15, 0.2) is 0 Å². The monoisotopic (exact) mass is 196 g/mol. The van der Waals surface area contributed by atoms with E-state index in [1.54, 1.807) is 17.9 Å². The Balaban J connectivity index is 2.20. The molecule has 0 unspecified atom stereocenters. The molecule has 1 aliphatic rings. The maximum atomic E-state index is 11.6. The molecule has 14 heavy (non-hydrogen) atoms. The van der Waals surface area contributed by atoms with E-state index in [9.17, 15) is 4.79 Å². The van der Waals surface area contributed by atoms with Gasteiger partial charge in [-0.3, -0.25) is 9.89 Å². The fraction of sp³-hybridized carbons (Fsp3) is 0.700. The Labute approximate surface area is 82.9 Å². The summed E-state index contributed by atoms with van der Waals surface area (Å²) in [6.45, 7) is 0.481. The predicted molar refractivity (Wildman–Crippen MR) is 53.3 cm³/mol. The number of H-pyrrole nitrogens is 1. The Morgan fingerprint density at radius 1 is 1.57 bits per heavy atom. The summed E-state index contributed by atoms with van der Waals surface area (Å²) in [5.41, 5.74) is 0.938. The zero-order chi connectivity index (χ0) is 9.97. The van der Waals surface area contributed by atoms with Crippen LogP contribution in [-0.2, 0) is 11.3 Å². The van der Waals surface area contributed by atoms with Gasteiger partial charge in [0.05, 0.1) is 18.3 Å². The summed E-state index contributed by atoms with van der Waals surface area (Å²) < 4.78 is 6.73. The van der Waals surface area contributed by atoms with Crippen molar-refractivity contribution in [1.82, 2.24) is 9.78 Å². The molecule has 4 nitrogen and oxygen atoms in total. The lowest BCUT2D eigenvalue weighted by Gasteiger charge is -2.09. The van der Waals surface area contributed by atoms with Crippen LogP contribution >= 0.6 is 0 Å². The number of methoxy groups -OCH3 is 1. The van der Waals surface area contributed by atoms with Crippen LogP contribution in [0.25, 0.3) is 0 Å². The highest BCUT2D eigenvalue weighted by atomic mass is 16.5. The van der Waals surface area contributed by atoms with Crippen molar-refractivity contribution in [1.29, 1.82) is 0 Å². The summed E-state index contributed by atoms with van der Waals surface area (Å²) in [7, 11) is 1.63. The van der Waals surface area contributed by atoms with Gasteiger partial charge in [0.2, 0.25) is 0 Å². The highest BCUT2D eigenvalue weighted by Gasteiger charge is 2.19. The normalized spacial score (nSPS) is 17.8. The van der Waals surface area contributed by atoms with Crippen LogP contribution in [0.2, 0.25) is 0 Å². The maximum absolute atomic E-state index is 11.6. The van der Waals surface area contributed by atoms with Crippen molar-refractivity contribution in [2.45, 2.75) is 38.3 Å². The van der Waals surface area contributed by atoms with Crippen LogP contribution in [0.4, 0.5) is 0 Å². The van der Waals surface area contributed by atoms with Gasteiger partial charge in [-0.05, 0) is 12.8 Å². The molecule has 1 aliphatic carbocycles. The predicted octanol–water partition coefficient (Wildman–Crippen LogP) is 1.44. The number of hydrogen-bond donors (Lipinski definition) is 1. The quantitative estimate of drug-likeness (QED) is 0.795. The molecule has 1 aromatic heterocycles. The SMILES string of the molecule is COCc1cc(=O)n(C2CCCC2)[nH]1. The average Bonchev–Trinajstić information content (AvgIpc) is 2.74. The van der Waals surface area contributed by atoms with E-state index in [4.69, 9.17) is 4.74 Å². The van der Waals surface area contributed by atoms with Crippen LogP contribution in [0.15, 0.2) is 10.9 Å². The number of rotatable bonds is 3. The first-order valence-corrected chi connectivity index (χ1v) is 5.10. The van der Waals surface area contributed by atoms with Crippen LogP contribution in [0.5, 0.6) is 0 Å². The molecule has 2 rings (SSSR count). The van der Waals surface area contributed by atoms with Gasteiger partial charge in [0, 0.05) is 13.2 Å². The molecule has 1 N–H and O–H groups in total. The molecule has 0 spiro atoms. The Hall–Kier alpha value is -1.03. The van der Waals surface area contributed by atoms with Gasteiger partial charge in [0.25, 0.3) is 5.56 Å². The Morgan fingerprint density at radius 2 is 2.29 bits per heavy atom. The van der Waals surface area contributed by atoms with Crippen molar-refractivity contribution in [2.75, 3.05) is 7.11 Å². The molecule has 0 amide bonds. The van der Waals surface area contributed by atoms with Gasteiger partial charge in [-0.25, -0.2) is 4.68 Å². The van der Waals surface area contributed by atoms with Crippen LogP contribution in [0.1, 0.15) is 37.4 Å². The third-order valence-corrected chi connectivity index (χ3v) is 2.79. The molecule has 1 heterocycles. The highest BCUT2D eigenvalue weighted by molar-refractivity contribution is 4.99. The van der Waals surface area contributed by atoms with Gasteiger partial charge < -0.3 is 4.74 Å². The number of aromatic amines is 1. The second-order valence-electron chi connectivity index (χ2n) is 3.86. The van der Waals surface area contributed by atoms with Gasteiger partial charge in [0.1, 0.15) is 0 Å². The van der Waals surface area contributed by atoms with Crippen LogP contribution in [0, 0.1) is 0 Å². The third kappa shape index (κ3) is 1.75. The molecular weight excluding hydrogens is 180 g/mol. The largest absolute Gasteiger partial charge is 0.378 e. The van der Waals surface area contributed by atoms with Crippen LogP contribution < -0.4 is 5.56 Å². The summed E-state index contributed by atoms with van der Waals surface area (Å²) in [5.74, 6) is 0. The molecule has 78 valence electrons. The topological polar surface area (TPSA) is 47.0 Å². The number of nitrogens with zero attached hydrogens (tertiary/aromatic N) is 1. The molecule has 0 atom stereocenters. The summed E-state index contributed by atoms with van der Waals surface area (Å²) in [4.78, 5) is 11.6. The smallest absolute Gasteiger partial charge is 0.267 e. The molecule has 1 fully saturated rings. The first kappa shape index (κ1) is 9.52. The van der Waals surface area contributed by atoms with E-state index in [2.05, 4.69) is 5.10 Å². The minimum atomic E-state index is 0.0731. The van der Waals surface area contributed by atoms with E-state index in [-0.39, 0.29) is 5.56 Å². The van der Waals surface area contributed by atoms with Crippen molar-refractivity contribution in [3.8, 4) is 0 Å². The average molecular weight is 196 g/mol. The number of nitrogens with one attached hydrogen (secondary N) is 1. The highest BCUT2D eigenvalue weighted by Crippen LogP contribution is 2.27. The maximum Gasteiger partial charge on any atom is 0.267 e. The van der Waals surface area contributed by atoms with E-state index in [1.807, 2.05) is 0 Å². The number of aromatic nitrogens is 2. The minimum Gasteiger partial charge on any atom is -0.378 e. The molecule has 0 aromatic carbocycles. The van der Waals surface area contributed by atoms with E-state index in [0.29, 0.717) is 12.6 Å². The molecule has 0 bridgehead atoms. The second kappa shape index (κ2) is 4.00. The van der Waals surface area contributed by atoms with E-state index < -0.39 is 0 Å². The summed E-state index contributed by atoms with van der Waals surface area (Å²) in [6.07, 6.45) is 4.70. The molecule has 0 aliphatic heterocycles. The molecule has 1 aromatic rings. The van der Waals surface area contributed by atoms with Crippen molar-refractivity contribution in [3.05, 3.63) is 22.1 Å². The lowest BCUT2D eigenvalue weighted by Crippen LogP contribution is -2.19. The van der Waals surface area contributed by atoms with Crippen molar-refractivity contribution in [2.24, 2.45) is 0 Å². The van der Waals surface area contributed by atoms with Crippen LogP contribution in [0.3, 0.4) is 0 Å². The van der Waals surface area contributed by atoms with Gasteiger partial charge in [-0.2, -0.15) is 0 Å². The first-order chi connectivity index (χ1) is 6.81. The van der Waals surface area contributed by atoms with Crippen molar-refractivity contribution < 1.29 is 4.74 Å². The minimum absolute atomic E-state index is 0.0731. The number of ether oxygens (including phenoxy) is 1. The molecule has 0 saturated heterocycles. The number of hydrogen-bond acceptors (Lipinski definition) is 2. The molecule has 0 radical (unpaired) electrons. The Kier molecular flexibility index (Phi) is 2.72. The third-order valence-electron chi connectivity index (χ3n) is 2.79. The fourth-order valence-corrected chi connectivity index (χ4v) is 2.12. The van der Waals surface area contributed by atoms with Gasteiger partial charge >= 0.3 is 0 Å². The van der Waals surface area contributed by atoms with Gasteiger partial charge in [-0.15, -0.1) is 0 Å². The zero-order valence-corrected chi connectivity index (χ0v) is 8.45. The van der Waals surface area contributed by atoms with Crippen molar-refractivity contribution >= 4 is 0 Å². The summed E-state index contributed by atoms with van der Waals surface area (Å²) >= 11 is 0. The Bertz CT molecular complexity index is 347. The lowest BCUT2D eigenvalue weighted by molar-refractivity contribution is 0.180. The zero-order valence-electron chi connectivity index (χ0n) is 8.45. The van der Waals surface area contributed by atoms with E-state index in [1.165, 1.54) is 12.8 Å². The second-order valence-corrected chi connectivity index (χ2v) is 3.86. The standard InChI is InChI=1S/C10H16N2O2/c1-14-7-8-6-10(13)12(11-8)9-4-2-3-5-9/h6,9,11H,2-5,7H2,1H3. The molecular formula is C10H16N2O2. The van der Waals surface area contributed by atoms with E-state index >= 15 is 0 Å². The first-order valence-electron chi connectivity index (χ1n) is 5.10. The summed E-state index contributed by atoms with van der Waals surface area (Å²) in [6, 6.07) is 2.01. The van der Waals surface area contributed by atoms with E-state index in [0.717, 1.165) is 18.5 Å². The molecule has 4 heteroatoms. The van der Waals surface area contributed by atoms with Crippen LogP contribution in [-0.4, -0.2) is 16.9 Å². The Morgan fingerprint density at radius 3 is 2.93 bits per heavy atom. The van der Waals surface area contributed by atoms with Gasteiger partial charge in [-0.1, -0.05) is 12.8 Å². The van der Waals surface area contributed by atoms with Crippen molar-refractivity contribution in [3.63, 3.8) is 0 Å². The lowest BCUT2D eigenvalue weighted by atomic mass is 10.3.